The molecule has 0 amide bonds. The number of carbonyl (C=O) groups excluding carboxylic acids is 2. The van der Waals surface area contributed by atoms with E-state index in [1.165, 1.54) is 48.5 Å². The first-order valence-electron chi connectivity index (χ1n) is 10.0. The van der Waals surface area contributed by atoms with Crippen LogP contribution in [0.3, 0.4) is 0 Å². The molecule has 0 saturated carbocycles. The first-order valence-corrected chi connectivity index (χ1v) is 10.0. The van der Waals surface area contributed by atoms with E-state index in [2.05, 4.69) is 0 Å². The van der Waals surface area contributed by atoms with Crippen molar-refractivity contribution in [3.63, 3.8) is 0 Å². The molecule has 0 aromatic heterocycles. The number of carbonyl (C=O) groups is 2. The molecule has 0 fully saturated rings. The van der Waals surface area contributed by atoms with Crippen LogP contribution in [0.25, 0.3) is 0 Å². The van der Waals surface area contributed by atoms with Gasteiger partial charge >= 0.3 is 0 Å². The van der Waals surface area contributed by atoms with Crippen LogP contribution in [-0.4, -0.2) is 21.4 Å². The monoisotopic (exact) mass is 470 g/mol. The number of rotatable bonds is 6. The minimum atomic E-state index is -0.489. The molecule has 4 rings (SSSR count). The minimum Gasteiger partial charge on any atom is -0.289 e. The van der Waals surface area contributed by atoms with Gasteiger partial charge < -0.3 is 0 Å². The summed E-state index contributed by atoms with van der Waals surface area (Å²) >= 11 is 0. The van der Waals surface area contributed by atoms with Crippen LogP contribution in [0, 0.1) is 20.2 Å². The first-order chi connectivity index (χ1) is 16.4. The van der Waals surface area contributed by atoms with Crippen LogP contribution >= 0.6 is 0 Å². The molecule has 0 aliphatic rings. The zero-order valence-corrected chi connectivity index (χ0v) is 17.7. The maximum absolute atomic E-state index is 12.0. The number of non-ortho nitro benzene ring substituents is 2. The van der Waals surface area contributed by atoms with Crippen molar-refractivity contribution in [1.29, 1.82) is 0 Å². The van der Waals surface area contributed by atoms with Crippen molar-refractivity contribution in [2.75, 3.05) is 0 Å². The standard InChI is InChI=1S/2C13H9NO3.CH4/c2*15-13(10-4-2-1-3-5-10)11-6-8-12(9-7-11)14(16)17;/h2*1-9H;1H4. The van der Waals surface area contributed by atoms with Gasteiger partial charge in [-0.25, -0.2) is 0 Å². The van der Waals surface area contributed by atoms with Crippen LogP contribution in [-0.2, 0) is 0 Å². The summed E-state index contributed by atoms with van der Waals surface area (Å²) in [6.45, 7) is 0. The molecule has 0 atom stereocenters. The Bertz CT molecular complexity index is 1200. The van der Waals surface area contributed by atoms with E-state index in [4.69, 9.17) is 0 Å². The van der Waals surface area contributed by atoms with E-state index < -0.39 is 9.85 Å². The molecule has 0 bridgehead atoms. The molecule has 0 radical (unpaired) electrons. The Kier molecular flexibility index (Phi) is 9.24. The second kappa shape index (κ2) is 12.3. The van der Waals surface area contributed by atoms with Crippen molar-refractivity contribution in [3.8, 4) is 0 Å². The Hall–Kier alpha value is -4.98. The zero-order chi connectivity index (χ0) is 24.5. The number of nitrogens with zero attached hydrogens (tertiary/aromatic N) is 2. The molecule has 8 heteroatoms. The Labute approximate surface area is 201 Å². The largest absolute Gasteiger partial charge is 0.289 e. The third-order valence-corrected chi connectivity index (χ3v) is 4.75. The van der Waals surface area contributed by atoms with Crippen molar-refractivity contribution >= 4 is 22.9 Å². The van der Waals surface area contributed by atoms with Crippen LogP contribution in [0.1, 0.15) is 39.3 Å². The lowest BCUT2D eigenvalue weighted by Gasteiger charge is -2.00. The van der Waals surface area contributed by atoms with Crippen LogP contribution < -0.4 is 0 Å². The fourth-order valence-electron chi connectivity index (χ4n) is 2.98. The van der Waals surface area contributed by atoms with E-state index >= 15 is 0 Å². The number of ketones is 2. The quantitative estimate of drug-likeness (QED) is 0.186. The average Bonchev–Trinajstić information content (AvgIpc) is 2.89. The fraction of sp³-hybridized carbons (Fsp3) is 0.0370. The molecular weight excluding hydrogens is 448 g/mol. The first kappa shape index (κ1) is 26.3. The van der Waals surface area contributed by atoms with Gasteiger partial charge in [-0.1, -0.05) is 68.1 Å². The molecule has 4 aromatic carbocycles. The summed E-state index contributed by atoms with van der Waals surface area (Å²) in [5, 5.41) is 20.9. The Morgan fingerprint density at radius 2 is 0.714 bits per heavy atom. The Balaban J connectivity index is 0.000000240. The summed E-state index contributed by atoms with van der Waals surface area (Å²) in [6.07, 6.45) is 0. The Morgan fingerprint density at radius 3 is 0.971 bits per heavy atom. The highest BCUT2D eigenvalue weighted by Gasteiger charge is 2.12. The second-order valence-corrected chi connectivity index (χ2v) is 7.00. The van der Waals surface area contributed by atoms with Gasteiger partial charge in [0.2, 0.25) is 0 Å². The van der Waals surface area contributed by atoms with Gasteiger partial charge in [-0.3, -0.25) is 29.8 Å². The highest BCUT2D eigenvalue weighted by atomic mass is 16.6. The lowest BCUT2D eigenvalue weighted by Crippen LogP contribution is -2.00. The van der Waals surface area contributed by atoms with Crippen molar-refractivity contribution in [3.05, 3.63) is 152 Å². The van der Waals surface area contributed by atoms with Crippen molar-refractivity contribution in [2.24, 2.45) is 0 Å². The van der Waals surface area contributed by atoms with Crippen molar-refractivity contribution in [2.45, 2.75) is 7.43 Å². The average molecular weight is 470 g/mol. The predicted molar refractivity (Wildman–Crippen MR) is 133 cm³/mol. The van der Waals surface area contributed by atoms with Crippen LogP contribution in [0.4, 0.5) is 11.4 Å². The molecule has 0 aliphatic heterocycles. The molecule has 0 aliphatic carbocycles. The van der Waals surface area contributed by atoms with Gasteiger partial charge in [0.05, 0.1) is 9.85 Å². The van der Waals surface area contributed by atoms with Gasteiger partial charge in [0.25, 0.3) is 11.4 Å². The van der Waals surface area contributed by atoms with Gasteiger partial charge in [0, 0.05) is 46.5 Å². The lowest BCUT2D eigenvalue weighted by atomic mass is 10.0. The lowest BCUT2D eigenvalue weighted by molar-refractivity contribution is -0.385. The summed E-state index contributed by atoms with van der Waals surface area (Å²) in [5.41, 5.74) is 2.00. The second-order valence-electron chi connectivity index (χ2n) is 7.00. The van der Waals surface area contributed by atoms with E-state index in [0.717, 1.165) is 0 Å². The van der Waals surface area contributed by atoms with E-state index in [1.54, 1.807) is 48.5 Å². The van der Waals surface area contributed by atoms with Gasteiger partial charge in [0.1, 0.15) is 0 Å². The van der Waals surface area contributed by atoms with Crippen molar-refractivity contribution in [1.82, 2.24) is 0 Å². The van der Waals surface area contributed by atoms with E-state index in [1.807, 2.05) is 12.1 Å². The Morgan fingerprint density at radius 1 is 0.457 bits per heavy atom. The molecule has 35 heavy (non-hydrogen) atoms. The molecule has 0 saturated heterocycles. The normalized spacial score (nSPS) is 9.60. The number of hydrogen-bond donors (Lipinski definition) is 0. The van der Waals surface area contributed by atoms with Crippen LogP contribution in [0.5, 0.6) is 0 Å². The predicted octanol–water partition coefficient (Wildman–Crippen LogP) is 6.29. The summed E-state index contributed by atoms with van der Waals surface area (Å²) in [7, 11) is 0. The van der Waals surface area contributed by atoms with Gasteiger partial charge in [-0.05, 0) is 24.3 Å². The molecule has 176 valence electrons. The maximum atomic E-state index is 12.0. The molecule has 4 aromatic rings. The highest BCUT2D eigenvalue weighted by Crippen LogP contribution is 2.16. The zero-order valence-electron chi connectivity index (χ0n) is 17.7. The topological polar surface area (TPSA) is 120 Å². The highest BCUT2D eigenvalue weighted by molar-refractivity contribution is 6.09. The molecule has 0 heterocycles. The number of hydrogen-bond acceptors (Lipinski definition) is 6. The molecule has 0 spiro atoms. The molecular formula is C27H22N2O6. The summed E-state index contributed by atoms with van der Waals surface area (Å²) in [4.78, 5) is 43.9. The summed E-state index contributed by atoms with van der Waals surface area (Å²) in [6, 6.07) is 28.8. The summed E-state index contributed by atoms with van der Waals surface area (Å²) in [5.74, 6) is -0.277. The summed E-state index contributed by atoms with van der Waals surface area (Å²) < 4.78 is 0. The van der Waals surface area contributed by atoms with E-state index in [-0.39, 0.29) is 30.4 Å². The minimum absolute atomic E-state index is 0. The number of nitro benzene ring substituents is 2. The van der Waals surface area contributed by atoms with Crippen LogP contribution in [0.2, 0.25) is 0 Å². The van der Waals surface area contributed by atoms with E-state index in [9.17, 15) is 29.8 Å². The third kappa shape index (κ3) is 7.00. The number of nitro groups is 2. The van der Waals surface area contributed by atoms with Gasteiger partial charge in [0.15, 0.2) is 11.6 Å². The smallest absolute Gasteiger partial charge is 0.269 e. The third-order valence-electron chi connectivity index (χ3n) is 4.75. The van der Waals surface area contributed by atoms with Crippen molar-refractivity contribution < 1.29 is 19.4 Å². The molecule has 0 N–H and O–H groups in total. The number of benzene rings is 4. The SMILES string of the molecule is C.O=C(c1ccccc1)c1ccc([N+](=O)[O-])cc1.O=C(c1ccccc1)c1ccc([N+](=O)[O-])cc1. The van der Waals surface area contributed by atoms with E-state index in [0.29, 0.717) is 22.3 Å². The molecule has 8 nitrogen and oxygen atoms in total. The fourth-order valence-corrected chi connectivity index (χ4v) is 2.98. The van der Waals surface area contributed by atoms with Gasteiger partial charge in [-0.2, -0.15) is 0 Å². The van der Waals surface area contributed by atoms with Gasteiger partial charge in [-0.15, -0.1) is 0 Å². The van der Waals surface area contributed by atoms with Crippen LogP contribution in [0.15, 0.2) is 109 Å². The molecule has 0 unspecified atom stereocenters. The maximum Gasteiger partial charge on any atom is 0.269 e.